The molecule has 0 aromatic heterocycles. The van der Waals surface area contributed by atoms with Gasteiger partial charge in [-0.15, -0.1) is 0 Å². The van der Waals surface area contributed by atoms with E-state index in [1.165, 1.54) is 5.56 Å². The molecular formula is C17H26N2O. The number of nitrogens with zero attached hydrogens (tertiary/aromatic N) is 1. The van der Waals surface area contributed by atoms with Crippen molar-refractivity contribution in [1.29, 1.82) is 0 Å². The summed E-state index contributed by atoms with van der Waals surface area (Å²) in [5.74, 6) is 0.737. The van der Waals surface area contributed by atoms with E-state index in [2.05, 4.69) is 51.2 Å². The highest BCUT2D eigenvalue weighted by atomic mass is 16.2. The van der Waals surface area contributed by atoms with Crippen LogP contribution in [0.2, 0.25) is 0 Å². The van der Waals surface area contributed by atoms with Crippen LogP contribution in [0.15, 0.2) is 24.3 Å². The van der Waals surface area contributed by atoms with Crippen molar-refractivity contribution in [3.8, 4) is 0 Å². The van der Waals surface area contributed by atoms with E-state index in [-0.39, 0.29) is 18.0 Å². The van der Waals surface area contributed by atoms with Gasteiger partial charge in [0.1, 0.15) is 6.04 Å². The van der Waals surface area contributed by atoms with Crippen LogP contribution in [-0.4, -0.2) is 29.4 Å². The molecule has 0 aliphatic carbocycles. The van der Waals surface area contributed by atoms with E-state index in [0.717, 1.165) is 25.1 Å². The molecule has 3 heteroatoms. The molecule has 2 rings (SSSR count). The van der Waals surface area contributed by atoms with Crippen molar-refractivity contribution in [2.24, 2.45) is 5.92 Å². The predicted molar refractivity (Wildman–Crippen MR) is 83.9 cm³/mol. The van der Waals surface area contributed by atoms with Gasteiger partial charge in [0.05, 0.1) is 0 Å². The van der Waals surface area contributed by atoms with E-state index >= 15 is 0 Å². The molecule has 1 amide bonds. The van der Waals surface area contributed by atoms with Crippen LogP contribution in [0.25, 0.3) is 0 Å². The summed E-state index contributed by atoms with van der Waals surface area (Å²) in [7, 11) is 0. The number of aryl methyl sites for hydroxylation is 1. The molecule has 3 nitrogen and oxygen atoms in total. The van der Waals surface area contributed by atoms with E-state index in [1.54, 1.807) is 0 Å². The van der Waals surface area contributed by atoms with E-state index in [0.29, 0.717) is 5.92 Å². The first kappa shape index (κ1) is 14.9. The number of fused-ring (bicyclic) bond motifs is 1. The van der Waals surface area contributed by atoms with Crippen LogP contribution in [0.1, 0.15) is 39.7 Å². The van der Waals surface area contributed by atoms with Gasteiger partial charge >= 0.3 is 0 Å². The molecule has 0 radical (unpaired) electrons. The highest BCUT2D eigenvalue weighted by Gasteiger charge is 2.29. The third-order valence-electron chi connectivity index (χ3n) is 3.82. The Bertz CT molecular complexity index is 468. The normalized spacial score (nSPS) is 17.8. The van der Waals surface area contributed by atoms with E-state index < -0.39 is 0 Å². The summed E-state index contributed by atoms with van der Waals surface area (Å²) in [4.78, 5) is 14.8. The predicted octanol–water partition coefficient (Wildman–Crippen LogP) is 3.31. The van der Waals surface area contributed by atoms with Gasteiger partial charge in [-0.1, -0.05) is 32.0 Å². The summed E-state index contributed by atoms with van der Waals surface area (Å²) in [5.41, 5.74) is 2.43. The van der Waals surface area contributed by atoms with Crippen molar-refractivity contribution in [2.45, 2.75) is 52.6 Å². The van der Waals surface area contributed by atoms with Crippen LogP contribution in [0, 0.1) is 5.92 Å². The lowest BCUT2D eigenvalue weighted by molar-refractivity contribution is -0.134. The first-order valence-corrected chi connectivity index (χ1v) is 7.64. The van der Waals surface area contributed by atoms with Crippen molar-refractivity contribution < 1.29 is 4.79 Å². The Morgan fingerprint density at radius 3 is 2.65 bits per heavy atom. The van der Waals surface area contributed by atoms with Gasteiger partial charge in [-0.2, -0.15) is 0 Å². The number of rotatable bonds is 4. The van der Waals surface area contributed by atoms with Crippen molar-refractivity contribution in [2.75, 3.05) is 11.9 Å². The molecule has 1 aromatic carbocycles. The molecule has 1 atom stereocenters. The van der Waals surface area contributed by atoms with Gasteiger partial charge < -0.3 is 10.2 Å². The second kappa shape index (κ2) is 6.29. The fourth-order valence-electron chi connectivity index (χ4n) is 2.77. The van der Waals surface area contributed by atoms with Crippen molar-refractivity contribution >= 4 is 11.6 Å². The zero-order valence-corrected chi connectivity index (χ0v) is 13.0. The standard InChI is InChI=1S/C17H26N2O/c1-12(2)11-19(13(3)4)17(20)16-10-9-14-7-5-6-8-15(14)18-16/h5-8,12-13,16,18H,9-11H2,1-4H3. The summed E-state index contributed by atoms with van der Waals surface area (Å²) in [5, 5.41) is 3.41. The van der Waals surface area contributed by atoms with Gasteiger partial charge in [-0.05, 0) is 44.2 Å². The Balaban J connectivity index is 2.10. The van der Waals surface area contributed by atoms with Crippen LogP contribution >= 0.6 is 0 Å². The third kappa shape index (κ3) is 3.33. The zero-order chi connectivity index (χ0) is 14.7. The Labute approximate surface area is 122 Å². The number of nitrogens with one attached hydrogen (secondary N) is 1. The number of para-hydroxylation sites is 1. The molecule has 1 aliphatic rings. The molecule has 0 spiro atoms. The number of carbonyl (C=O) groups is 1. The fraction of sp³-hybridized carbons (Fsp3) is 0.588. The van der Waals surface area contributed by atoms with E-state index in [4.69, 9.17) is 0 Å². The van der Waals surface area contributed by atoms with Crippen LogP contribution in [-0.2, 0) is 11.2 Å². The summed E-state index contributed by atoms with van der Waals surface area (Å²) in [6.07, 6.45) is 1.87. The topological polar surface area (TPSA) is 32.3 Å². The van der Waals surface area contributed by atoms with E-state index in [9.17, 15) is 4.79 Å². The highest BCUT2D eigenvalue weighted by molar-refractivity contribution is 5.86. The molecule has 0 fully saturated rings. The van der Waals surface area contributed by atoms with Crippen molar-refractivity contribution in [3.05, 3.63) is 29.8 Å². The third-order valence-corrected chi connectivity index (χ3v) is 3.82. The maximum absolute atomic E-state index is 12.7. The number of anilines is 1. The molecule has 1 heterocycles. The summed E-state index contributed by atoms with van der Waals surface area (Å²) < 4.78 is 0. The molecule has 1 aliphatic heterocycles. The first-order chi connectivity index (χ1) is 9.49. The van der Waals surface area contributed by atoms with Gasteiger partial charge in [0.2, 0.25) is 5.91 Å². The molecule has 1 aromatic rings. The minimum atomic E-state index is -0.0777. The number of benzene rings is 1. The smallest absolute Gasteiger partial charge is 0.245 e. The minimum Gasteiger partial charge on any atom is -0.373 e. The molecule has 110 valence electrons. The monoisotopic (exact) mass is 274 g/mol. The van der Waals surface area contributed by atoms with Gasteiger partial charge in [0.25, 0.3) is 0 Å². The molecule has 1 unspecified atom stereocenters. The molecular weight excluding hydrogens is 248 g/mol. The van der Waals surface area contributed by atoms with Crippen LogP contribution < -0.4 is 5.32 Å². The van der Waals surface area contributed by atoms with Gasteiger partial charge in [-0.3, -0.25) is 4.79 Å². The van der Waals surface area contributed by atoms with Gasteiger partial charge in [0.15, 0.2) is 0 Å². The maximum atomic E-state index is 12.7. The maximum Gasteiger partial charge on any atom is 0.245 e. The number of hydrogen-bond donors (Lipinski definition) is 1. The fourth-order valence-corrected chi connectivity index (χ4v) is 2.77. The van der Waals surface area contributed by atoms with E-state index in [1.807, 2.05) is 11.0 Å². The lowest BCUT2D eigenvalue weighted by Crippen LogP contribution is -2.48. The Morgan fingerprint density at radius 2 is 2.00 bits per heavy atom. The molecule has 0 bridgehead atoms. The summed E-state index contributed by atoms with van der Waals surface area (Å²) >= 11 is 0. The Kier molecular flexibility index (Phi) is 4.69. The molecule has 0 saturated heterocycles. The SMILES string of the molecule is CC(C)CN(C(=O)C1CCc2ccccc2N1)C(C)C. The van der Waals surface area contributed by atoms with Gasteiger partial charge in [0, 0.05) is 18.3 Å². The second-order valence-electron chi connectivity index (χ2n) is 6.37. The largest absolute Gasteiger partial charge is 0.373 e. The second-order valence-corrected chi connectivity index (χ2v) is 6.37. The van der Waals surface area contributed by atoms with Crippen LogP contribution in [0.4, 0.5) is 5.69 Å². The quantitative estimate of drug-likeness (QED) is 0.913. The zero-order valence-electron chi connectivity index (χ0n) is 13.0. The van der Waals surface area contributed by atoms with Crippen LogP contribution in [0.3, 0.4) is 0 Å². The number of amides is 1. The first-order valence-electron chi connectivity index (χ1n) is 7.64. The number of hydrogen-bond acceptors (Lipinski definition) is 2. The van der Waals surface area contributed by atoms with Crippen LogP contribution in [0.5, 0.6) is 0 Å². The Morgan fingerprint density at radius 1 is 1.30 bits per heavy atom. The average Bonchev–Trinajstić information content (AvgIpc) is 2.43. The lowest BCUT2D eigenvalue weighted by atomic mass is 9.97. The Hall–Kier alpha value is -1.51. The average molecular weight is 274 g/mol. The summed E-state index contributed by atoms with van der Waals surface area (Å²) in [6.45, 7) is 9.34. The highest BCUT2D eigenvalue weighted by Crippen LogP contribution is 2.25. The minimum absolute atomic E-state index is 0.0777. The van der Waals surface area contributed by atoms with Crippen molar-refractivity contribution in [3.63, 3.8) is 0 Å². The molecule has 20 heavy (non-hydrogen) atoms. The molecule has 1 N–H and O–H groups in total. The lowest BCUT2D eigenvalue weighted by Gasteiger charge is -2.34. The number of carbonyl (C=O) groups excluding carboxylic acids is 1. The van der Waals surface area contributed by atoms with Gasteiger partial charge in [-0.25, -0.2) is 0 Å². The molecule has 0 saturated carbocycles. The summed E-state index contributed by atoms with van der Waals surface area (Å²) in [6, 6.07) is 8.46. The van der Waals surface area contributed by atoms with Crippen molar-refractivity contribution in [1.82, 2.24) is 4.90 Å².